The lowest BCUT2D eigenvalue weighted by Crippen LogP contribution is -2.39. The van der Waals surface area contributed by atoms with Crippen LogP contribution in [0.2, 0.25) is 0 Å². The highest BCUT2D eigenvalue weighted by Gasteiger charge is 2.33. The van der Waals surface area contributed by atoms with E-state index in [9.17, 15) is 8.78 Å². The van der Waals surface area contributed by atoms with E-state index in [4.69, 9.17) is 4.74 Å². The number of alkyl halides is 2. The second-order valence-corrected chi connectivity index (χ2v) is 8.14. The van der Waals surface area contributed by atoms with E-state index in [1.807, 2.05) is 28.8 Å². The van der Waals surface area contributed by atoms with Gasteiger partial charge in [-0.2, -0.15) is 0 Å². The summed E-state index contributed by atoms with van der Waals surface area (Å²) < 4.78 is 34.0. The number of pyridine rings is 1. The molecular weight excluding hydrogens is 388 g/mol. The fourth-order valence-electron chi connectivity index (χ4n) is 3.86. The van der Waals surface area contributed by atoms with E-state index in [2.05, 4.69) is 27.1 Å². The molecule has 0 N–H and O–H groups in total. The van der Waals surface area contributed by atoms with Gasteiger partial charge in [0.2, 0.25) is 0 Å². The second-order valence-electron chi connectivity index (χ2n) is 8.14. The molecule has 1 unspecified atom stereocenters. The van der Waals surface area contributed by atoms with Crippen LogP contribution in [0.5, 0.6) is 0 Å². The third kappa shape index (κ3) is 5.41. The monoisotopic (exact) mass is 415 g/mol. The molecule has 2 saturated heterocycles. The maximum atomic E-state index is 13.2. The van der Waals surface area contributed by atoms with Crippen LogP contribution in [0.25, 0.3) is 11.4 Å². The Bertz CT molecular complexity index is 917. The molecule has 4 heterocycles. The van der Waals surface area contributed by atoms with E-state index < -0.39 is 5.92 Å². The summed E-state index contributed by atoms with van der Waals surface area (Å²) in [6.07, 6.45) is 7.04. The maximum absolute atomic E-state index is 13.2. The van der Waals surface area contributed by atoms with Crippen molar-refractivity contribution in [3.63, 3.8) is 0 Å². The van der Waals surface area contributed by atoms with Gasteiger partial charge in [0.1, 0.15) is 5.69 Å². The lowest BCUT2D eigenvalue weighted by atomic mass is 10.1. The van der Waals surface area contributed by atoms with Gasteiger partial charge in [0.05, 0.1) is 31.1 Å². The van der Waals surface area contributed by atoms with Crippen molar-refractivity contribution >= 4 is 0 Å². The first kappa shape index (κ1) is 20.9. The maximum Gasteiger partial charge on any atom is 0.250 e. The standard InChI is InChI=1S/C22H27F2N5O/c1-17-13-18(5-4-9-28-10-7-22(23,24)8-11-28)14-25-21(17)20-16-29(27-26-20)15-19-6-2-3-12-30-19/h13-14,16,19H,2-3,6-12,15H2,1H3. The fourth-order valence-corrected chi connectivity index (χ4v) is 3.86. The second kappa shape index (κ2) is 9.19. The van der Waals surface area contributed by atoms with E-state index in [1.54, 1.807) is 6.20 Å². The summed E-state index contributed by atoms with van der Waals surface area (Å²) in [5.74, 6) is 3.65. The zero-order valence-corrected chi connectivity index (χ0v) is 17.3. The van der Waals surface area contributed by atoms with E-state index in [0.29, 0.717) is 26.2 Å². The van der Waals surface area contributed by atoms with Gasteiger partial charge in [0.25, 0.3) is 5.92 Å². The molecule has 0 saturated carbocycles. The van der Waals surface area contributed by atoms with Gasteiger partial charge < -0.3 is 4.74 Å². The topological polar surface area (TPSA) is 56.1 Å². The number of piperidine rings is 1. The van der Waals surface area contributed by atoms with Crippen LogP contribution in [0.15, 0.2) is 18.5 Å². The highest BCUT2D eigenvalue weighted by molar-refractivity contribution is 5.58. The molecule has 2 aliphatic heterocycles. The molecule has 2 aromatic rings. The minimum atomic E-state index is -2.52. The smallest absolute Gasteiger partial charge is 0.250 e. The Balaban J connectivity index is 1.36. The number of aryl methyl sites for hydroxylation is 1. The number of nitrogens with zero attached hydrogens (tertiary/aromatic N) is 5. The third-order valence-corrected chi connectivity index (χ3v) is 5.65. The molecule has 2 fully saturated rings. The predicted molar refractivity (Wildman–Crippen MR) is 109 cm³/mol. The van der Waals surface area contributed by atoms with Gasteiger partial charge in [-0.05, 0) is 37.8 Å². The summed E-state index contributed by atoms with van der Waals surface area (Å²) in [7, 11) is 0. The van der Waals surface area contributed by atoms with Crippen LogP contribution >= 0.6 is 0 Å². The van der Waals surface area contributed by atoms with Gasteiger partial charge in [-0.15, -0.1) is 5.10 Å². The van der Waals surface area contributed by atoms with Crippen LogP contribution in [-0.4, -0.2) is 63.1 Å². The van der Waals surface area contributed by atoms with E-state index in [0.717, 1.165) is 42.0 Å². The van der Waals surface area contributed by atoms with Crippen LogP contribution in [0.4, 0.5) is 8.78 Å². The van der Waals surface area contributed by atoms with E-state index in [-0.39, 0.29) is 18.9 Å². The molecule has 0 aliphatic carbocycles. The molecule has 0 radical (unpaired) electrons. The van der Waals surface area contributed by atoms with Crippen molar-refractivity contribution in [1.82, 2.24) is 24.9 Å². The lowest BCUT2D eigenvalue weighted by molar-refractivity contribution is -0.0527. The Morgan fingerprint density at radius 1 is 1.27 bits per heavy atom. The Morgan fingerprint density at radius 3 is 2.83 bits per heavy atom. The number of halogens is 2. The molecule has 160 valence electrons. The predicted octanol–water partition coefficient (Wildman–Crippen LogP) is 3.30. The van der Waals surface area contributed by atoms with Gasteiger partial charge in [-0.1, -0.05) is 17.1 Å². The zero-order valence-electron chi connectivity index (χ0n) is 17.3. The van der Waals surface area contributed by atoms with Crippen molar-refractivity contribution in [2.75, 3.05) is 26.2 Å². The molecule has 2 aromatic heterocycles. The number of aromatic nitrogens is 4. The molecule has 4 rings (SSSR count). The molecule has 0 spiro atoms. The molecule has 0 aromatic carbocycles. The van der Waals surface area contributed by atoms with Crippen molar-refractivity contribution in [3.05, 3.63) is 29.6 Å². The van der Waals surface area contributed by atoms with Crippen LogP contribution in [0.3, 0.4) is 0 Å². The summed E-state index contributed by atoms with van der Waals surface area (Å²) in [5, 5.41) is 8.49. The SMILES string of the molecule is Cc1cc(C#CCN2CCC(F)(F)CC2)cnc1-c1cn(CC2CCCCO2)nn1. The van der Waals surface area contributed by atoms with Crippen LogP contribution in [0, 0.1) is 18.8 Å². The van der Waals surface area contributed by atoms with Gasteiger partial charge in [-0.3, -0.25) is 9.88 Å². The normalized spacial score (nSPS) is 21.8. The summed E-state index contributed by atoms with van der Waals surface area (Å²) in [6.45, 7) is 4.77. The Labute approximate surface area is 175 Å². The van der Waals surface area contributed by atoms with Gasteiger partial charge in [-0.25, -0.2) is 13.5 Å². The molecule has 30 heavy (non-hydrogen) atoms. The molecule has 8 heteroatoms. The number of likely N-dealkylation sites (tertiary alicyclic amines) is 1. The number of hydrogen-bond donors (Lipinski definition) is 0. The van der Waals surface area contributed by atoms with Gasteiger partial charge >= 0.3 is 0 Å². The average Bonchev–Trinajstić information content (AvgIpc) is 3.18. The highest BCUT2D eigenvalue weighted by atomic mass is 19.3. The van der Waals surface area contributed by atoms with Crippen LogP contribution in [-0.2, 0) is 11.3 Å². The first-order chi connectivity index (χ1) is 14.5. The molecule has 6 nitrogen and oxygen atoms in total. The van der Waals surface area contributed by atoms with Crippen LogP contribution < -0.4 is 0 Å². The van der Waals surface area contributed by atoms with Crippen molar-refractivity contribution in [2.24, 2.45) is 0 Å². The summed E-state index contributed by atoms with van der Waals surface area (Å²) in [4.78, 5) is 6.50. The van der Waals surface area contributed by atoms with Crippen molar-refractivity contribution < 1.29 is 13.5 Å². The third-order valence-electron chi connectivity index (χ3n) is 5.65. The molecule has 0 amide bonds. The highest BCUT2D eigenvalue weighted by Crippen LogP contribution is 2.27. The molecule has 1 atom stereocenters. The molecule has 0 bridgehead atoms. The summed E-state index contributed by atoms with van der Waals surface area (Å²) in [6, 6.07) is 1.98. The lowest BCUT2D eigenvalue weighted by Gasteiger charge is -2.30. The van der Waals surface area contributed by atoms with E-state index in [1.165, 1.54) is 6.42 Å². The fraction of sp³-hybridized carbons (Fsp3) is 0.591. The van der Waals surface area contributed by atoms with E-state index >= 15 is 0 Å². The summed E-state index contributed by atoms with van der Waals surface area (Å²) >= 11 is 0. The minimum absolute atomic E-state index is 0.0857. The van der Waals surface area contributed by atoms with Gasteiger partial charge in [0, 0.05) is 44.3 Å². The largest absolute Gasteiger partial charge is 0.376 e. The number of hydrogen-bond acceptors (Lipinski definition) is 5. The summed E-state index contributed by atoms with van der Waals surface area (Å²) in [5.41, 5.74) is 3.30. The Hall–Kier alpha value is -2.37. The van der Waals surface area contributed by atoms with Crippen LogP contribution in [0.1, 0.15) is 43.2 Å². The quantitative estimate of drug-likeness (QED) is 0.718. The first-order valence-corrected chi connectivity index (χ1v) is 10.6. The molecule has 2 aliphatic rings. The minimum Gasteiger partial charge on any atom is -0.376 e. The Kier molecular flexibility index (Phi) is 6.40. The van der Waals surface area contributed by atoms with Gasteiger partial charge in [0.15, 0.2) is 0 Å². The van der Waals surface area contributed by atoms with Crippen molar-refractivity contribution in [3.8, 4) is 23.2 Å². The van der Waals surface area contributed by atoms with Crippen molar-refractivity contribution in [1.29, 1.82) is 0 Å². The number of rotatable bonds is 4. The molecular formula is C22H27F2N5O. The number of ether oxygens (including phenoxy) is 1. The average molecular weight is 415 g/mol. The van der Waals surface area contributed by atoms with Crippen molar-refractivity contribution in [2.45, 2.75) is 57.6 Å². The zero-order chi connectivity index (χ0) is 21.0. The first-order valence-electron chi connectivity index (χ1n) is 10.6. The Morgan fingerprint density at radius 2 is 2.10 bits per heavy atom.